The number of nitrogens with zero attached hydrogens (tertiary/aromatic N) is 6. The van der Waals surface area contributed by atoms with Crippen molar-refractivity contribution in [2.24, 2.45) is 0 Å². The molecule has 188 valence electrons. The highest BCUT2D eigenvalue weighted by atomic mass is 16.2. The minimum atomic E-state index is 0.0329. The van der Waals surface area contributed by atoms with Gasteiger partial charge in [-0.15, -0.1) is 0 Å². The molecule has 2 bridgehead atoms. The van der Waals surface area contributed by atoms with E-state index in [-0.39, 0.29) is 17.9 Å². The van der Waals surface area contributed by atoms with Crippen LogP contribution in [0.4, 0.5) is 5.69 Å². The van der Waals surface area contributed by atoms with Gasteiger partial charge in [-0.05, 0) is 43.0 Å². The fourth-order valence-corrected chi connectivity index (χ4v) is 5.61. The standard InChI is InChI=1S/C28H34N6O2/c1-22(35)33-16-11-25-9-10-26(34(25)19-24-7-4-5-13-30-24)20-32(18-23-6-2-3-8-27(23)33)28(36)12-15-31-17-14-29-21-31/h2-8,13-14,17,21,25-26H,9-12,15-16,18-20H2,1H3/t25-,26+/m0/s1. The number of imidazole rings is 1. The van der Waals surface area contributed by atoms with Crippen molar-refractivity contribution in [3.05, 3.63) is 78.6 Å². The van der Waals surface area contributed by atoms with Crippen molar-refractivity contribution in [2.75, 3.05) is 18.0 Å². The number of aromatic nitrogens is 3. The second kappa shape index (κ2) is 11.0. The number of rotatable bonds is 5. The molecule has 1 saturated heterocycles. The third-order valence-electron chi connectivity index (χ3n) is 7.48. The Morgan fingerprint density at radius 2 is 1.83 bits per heavy atom. The van der Waals surface area contributed by atoms with Crippen molar-refractivity contribution in [2.45, 2.75) is 64.3 Å². The van der Waals surface area contributed by atoms with Gasteiger partial charge in [-0.25, -0.2) is 4.98 Å². The predicted octanol–water partition coefficient (Wildman–Crippen LogP) is 3.49. The Kier molecular flexibility index (Phi) is 7.41. The van der Waals surface area contributed by atoms with E-state index in [1.54, 1.807) is 19.4 Å². The summed E-state index contributed by atoms with van der Waals surface area (Å²) in [7, 11) is 0. The van der Waals surface area contributed by atoms with Gasteiger partial charge >= 0.3 is 0 Å². The molecule has 0 N–H and O–H groups in total. The van der Waals surface area contributed by atoms with Crippen LogP contribution in [0, 0.1) is 0 Å². The van der Waals surface area contributed by atoms with Gasteiger partial charge in [0.15, 0.2) is 0 Å². The molecule has 0 radical (unpaired) electrons. The molecule has 2 atom stereocenters. The normalized spacial score (nSPS) is 20.6. The number of fused-ring (bicyclic) bond motifs is 3. The monoisotopic (exact) mass is 486 g/mol. The highest BCUT2D eigenvalue weighted by Crippen LogP contribution is 2.32. The molecule has 8 nitrogen and oxygen atoms in total. The lowest BCUT2D eigenvalue weighted by Crippen LogP contribution is -2.45. The van der Waals surface area contributed by atoms with Crippen molar-refractivity contribution in [1.29, 1.82) is 0 Å². The van der Waals surface area contributed by atoms with Crippen LogP contribution in [0.3, 0.4) is 0 Å². The number of para-hydroxylation sites is 1. The molecule has 4 heterocycles. The first-order chi connectivity index (χ1) is 17.6. The number of carbonyl (C=O) groups excluding carboxylic acids is 2. The zero-order chi connectivity index (χ0) is 24.9. The maximum atomic E-state index is 13.6. The molecule has 36 heavy (non-hydrogen) atoms. The van der Waals surface area contributed by atoms with Gasteiger partial charge in [0.05, 0.1) is 12.0 Å². The Bertz CT molecular complexity index is 1170. The van der Waals surface area contributed by atoms with Crippen LogP contribution in [0.2, 0.25) is 0 Å². The zero-order valence-corrected chi connectivity index (χ0v) is 20.9. The largest absolute Gasteiger partial charge is 0.337 e. The van der Waals surface area contributed by atoms with E-state index in [0.29, 0.717) is 38.6 Å². The third kappa shape index (κ3) is 5.49. The number of hydrogen-bond donors (Lipinski definition) is 0. The minimum Gasteiger partial charge on any atom is -0.337 e. The van der Waals surface area contributed by atoms with Crippen molar-refractivity contribution in [3.8, 4) is 0 Å². The number of anilines is 1. The van der Waals surface area contributed by atoms with Crippen molar-refractivity contribution in [3.63, 3.8) is 0 Å². The number of amides is 2. The third-order valence-corrected chi connectivity index (χ3v) is 7.48. The van der Waals surface area contributed by atoms with E-state index in [9.17, 15) is 9.59 Å². The van der Waals surface area contributed by atoms with E-state index in [0.717, 1.165) is 42.8 Å². The summed E-state index contributed by atoms with van der Waals surface area (Å²) < 4.78 is 1.94. The summed E-state index contributed by atoms with van der Waals surface area (Å²) in [6.07, 6.45) is 10.6. The van der Waals surface area contributed by atoms with E-state index >= 15 is 0 Å². The maximum Gasteiger partial charge on any atom is 0.224 e. The lowest BCUT2D eigenvalue weighted by atomic mass is 10.1. The van der Waals surface area contributed by atoms with E-state index in [4.69, 9.17) is 0 Å². The second-order valence-electron chi connectivity index (χ2n) is 9.79. The fourth-order valence-electron chi connectivity index (χ4n) is 5.61. The molecule has 0 saturated carbocycles. The molecule has 1 aromatic carbocycles. The van der Waals surface area contributed by atoms with E-state index < -0.39 is 0 Å². The minimum absolute atomic E-state index is 0.0329. The van der Waals surface area contributed by atoms with Crippen LogP contribution in [-0.4, -0.2) is 61.3 Å². The van der Waals surface area contributed by atoms with Gasteiger partial charge in [0.2, 0.25) is 11.8 Å². The van der Waals surface area contributed by atoms with Gasteiger partial charge < -0.3 is 14.4 Å². The molecule has 0 unspecified atom stereocenters. The summed E-state index contributed by atoms with van der Waals surface area (Å²) in [5.41, 5.74) is 2.96. The molecule has 0 aliphatic carbocycles. The zero-order valence-electron chi connectivity index (χ0n) is 20.9. The molecule has 8 heteroatoms. The highest BCUT2D eigenvalue weighted by Gasteiger charge is 2.36. The van der Waals surface area contributed by atoms with Gasteiger partial charge in [0, 0.05) is 82.4 Å². The maximum absolute atomic E-state index is 13.6. The lowest BCUT2D eigenvalue weighted by molar-refractivity contribution is -0.133. The average Bonchev–Trinajstić information content (AvgIpc) is 3.53. The summed E-state index contributed by atoms with van der Waals surface area (Å²) in [6, 6.07) is 14.6. The number of hydrogen-bond acceptors (Lipinski definition) is 5. The highest BCUT2D eigenvalue weighted by molar-refractivity contribution is 5.92. The molecule has 2 aromatic heterocycles. The first-order valence-corrected chi connectivity index (χ1v) is 12.8. The molecule has 2 aliphatic heterocycles. The van der Waals surface area contributed by atoms with Gasteiger partial charge in [0.25, 0.3) is 0 Å². The predicted molar refractivity (Wildman–Crippen MR) is 138 cm³/mol. The van der Waals surface area contributed by atoms with Gasteiger partial charge in [0.1, 0.15) is 0 Å². The molecule has 5 rings (SSSR count). The smallest absolute Gasteiger partial charge is 0.224 e. The van der Waals surface area contributed by atoms with Crippen LogP contribution in [0.1, 0.15) is 43.9 Å². The second-order valence-corrected chi connectivity index (χ2v) is 9.79. The van der Waals surface area contributed by atoms with Crippen LogP contribution < -0.4 is 4.90 Å². The Morgan fingerprint density at radius 3 is 2.61 bits per heavy atom. The van der Waals surface area contributed by atoms with Crippen LogP contribution in [0.15, 0.2) is 67.4 Å². The Hall–Kier alpha value is -3.52. The van der Waals surface area contributed by atoms with E-state index in [2.05, 4.69) is 20.9 Å². The molecule has 3 aromatic rings. The van der Waals surface area contributed by atoms with Crippen LogP contribution in [0.25, 0.3) is 0 Å². The first-order valence-electron chi connectivity index (χ1n) is 12.8. The van der Waals surface area contributed by atoms with Crippen molar-refractivity contribution < 1.29 is 9.59 Å². The molecule has 0 spiro atoms. The molecular weight excluding hydrogens is 452 g/mol. The SMILES string of the molecule is CC(=O)N1CC[C@@H]2CC[C@H](CN(C(=O)CCn3ccnc3)Cc3ccccc31)N2Cc1ccccn1. The number of carbonyl (C=O) groups is 2. The summed E-state index contributed by atoms with van der Waals surface area (Å²) in [5, 5.41) is 0. The van der Waals surface area contributed by atoms with Crippen LogP contribution in [-0.2, 0) is 29.2 Å². The fraction of sp³-hybridized carbons (Fsp3) is 0.429. The quantitative estimate of drug-likeness (QED) is 0.552. The Labute approximate surface area is 212 Å². The lowest BCUT2D eigenvalue weighted by Gasteiger charge is -2.33. The van der Waals surface area contributed by atoms with Gasteiger partial charge in [-0.1, -0.05) is 24.3 Å². The number of pyridine rings is 1. The topological polar surface area (TPSA) is 74.6 Å². The summed E-state index contributed by atoms with van der Waals surface area (Å²) in [5.74, 6) is 0.152. The van der Waals surface area contributed by atoms with Crippen LogP contribution >= 0.6 is 0 Å². The Morgan fingerprint density at radius 1 is 1.00 bits per heavy atom. The summed E-state index contributed by atoms with van der Waals surface area (Å²) in [4.78, 5) is 41.4. The van der Waals surface area contributed by atoms with Gasteiger partial charge in [-0.3, -0.25) is 19.5 Å². The summed E-state index contributed by atoms with van der Waals surface area (Å²) >= 11 is 0. The van der Waals surface area contributed by atoms with Crippen molar-refractivity contribution in [1.82, 2.24) is 24.3 Å². The summed E-state index contributed by atoms with van der Waals surface area (Å²) in [6.45, 7) is 4.80. The van der Waals surface area contributed by atoms with Crippen molar-refractivity contribution >= 4 is 17.5 Å². The molecular formula is C28H34N6O2. The number of benzene rings is 1. The first kappa shape index (κ1) is 24.2. The number of aryl methyl sites for hydroxylation is 1. The average molecular weight is 487 g/mol. The van der Waals surface area contributed by atoms with Gasteiger partial charge in [-0.2, -0.15) is 0 Å². The van der Waals surface area contributed by atoms with E-state index in [1.165, 1.54) is 0 Å². The molecule has 1 fully saturated rings. The van der Waals surface area contributed by atoms with Crippen LogP contribution in [0.5, 0.6) is 0 Å². The molecule has 2 aliphatic rings. The Balaban J connectivity index is 1.46. The van der Waals surface area contributed by atoms with E-state index in [1.807, 2.05) is 63.2 Å². The molecule has 2 amide bonds.